The molecule has 104 valence electrons. The minimum atomic E-state index is 0.0180. The third-order valence-corrected chi connectivity index (χ3v) is 4.39. The van der Waals surface area contributed by atoms with E-state index < -0.39 is 0 Å². The first kappa shape index (κ1) is 14.8. The van der Waals surface area contributed by atoms with Gasteiger partial charge in [-0.3, -0.25) is 4.79 Å². The highest BCUT2D eigenvalue weighted by atomic mass is 79.9. The summed E-state index contributed by atoms with van der Waals surface area (Å²) in [6.07, 6.45) is 2.72. The average Bonchev–Trinajstić information content (AvgIpc) is 2.85. The third kappa shape index (κ3) is 3.94. The fourth-order valence-corrected chi connectivity index (χ4v) is 3.39. The number of methoxy groups -OCH3 is 1. The number of anilines is 1. The molecule has 0 aliphatic carbocycles. The molecule has 1 heterocycles. The average molecular weight is 392 g/mol. The Labute approximate surface area is 129 Å². The zero-order valence-electron chi connectivity index (χ0n) is 10.6. The Bertz CT molecular complexity index is 474. The molecular weight excluding hydrogens is 376 g/mol. The fourth-order valence-electron chi connectivity index (χ4n) is 2.14. The molecule has 19 heavy (non-hydrogen) atoms. The second-order valence-corrected chi connectivity index (χ2v) is 6.22. The first-order valence-electron chi connectivity index (χ1n) is 6.16. The van der Waals surface area contributed by atoms with Crippen LogP contribution in [0.1, 0.15) is 19.3 Å². The molecule has 1 aliphatic rings. The number of amides is 1. The van der Waals surface area contributed by atoms with Gasteiger partial charge in [0.1, 0.15) is 5.75 Å². The van der Waals surface area contributed by atoms with E-state index in [0.717, 1.165) is 34.0 Å². The normalized spacial score (nSPS) is 18.4. The molecule has 1 saturated heterocycles. The van der Waals surface area contributed by atoms with Gasteiger partial charge in [-0.1, -0.05) is 0 Å². The maximum atomic E-state index is 12.0. The smallest absolute Gasteiger partial charge is 0.225 e. The molecule has 1 aliphatic heterocycles. The van der Waals surface area contributed by atoms with E-state index in [0.29, 0.717) is 18.2 Å². The molecule has 1 unspecified atom stereocenters. The number of hydrogen-bond donors (Lipinski definition) is 2. The van der Waals surface area contributed by atoms with Crippen LogP contribution in [0.4, 0.5) is 5.69 Å². The number of rotatable bonds is 4. The van der Waals surface area contributed by atoms with Crippen molar-refractivity contribution in [2.24, 2.45) is 0 Å². The molecule has 2 N–H and O–H groups in total. The molecule has 4 nitrogen and oxygen atoms in total. The van der Waals surface area contributed by atoms with Crippen molar-refractivity contribution in [2.75, 3.05) is 19.0 Å². The lowest BCUT2D eigenvalue weighted by Gasteiger charge is -2.13. The highest BCUT2D eigenvalue weighted by Gasteiger charge is 2.18. The number of ether oxygens (including phenoxy) is 1. The van der Waals surface area contributed by atoms with Crippen LogP contribution >= 0.6 is 31.9 Å². The number of hydrogen-bond acceptors (Lipinski definition) is 3. The summed E-state index contributed by atoms with van der Waals surface area (Å²) in [4.78, 5) is 12.0. The molecule has 2 rings (SSSR count). The van der Waals surface area contributed by atoms with Gasteiger partial charge in [0.25, 0.3) is 0 Å². The lowest BCUT2D eigenvalue weighted by molar-refractivity contribution is -0.116. The maximum absolute atomic E-state index is 12.0. The lowest BCUT2D eigenvalue weighted by Crippen LogP contribution is -2.27. The van der Waals surface area contributed by atoms with Crippen LogP contribution in [-0.4, -0.2) is 25.6 Å². The van der Waals surface area contributed by atoms with E-state index in [1.807, 2.05) is 6.07 Å². The topological polar surface area (TPSA) is 50.4 Å². The minimum absolute atomic E-state index is 0.0180. The fraction of sp³-hybridized carbons (Fsp3) is 0.462. The second-order valence-electron chi connectivity index (χ2n) is 4.51. The van der Waals surface area contributed by atoms with Crippen LogP contribution in [0, 0.1) is 0 Å². The van der Waals surface area contributed by atoms with Crippen molar-refractivity contribution in [3.05, 3.63) is 21.1 Å². The Morgan fingerprint density at radius 1 is 1.47 bits per heavy atom. The van der Waals surface area contributed by atoms with E-state index in [1.54, 1.807) is 13.2 Å². The van der Waals surface area contributed by atoms with E-state index in [-0.39, 0.29) is 5.91 Å². The summed E-state index contributed by atoms with van der Waals surface area (Å²) in [6, 6.07) is 3.97. The standard InChI is InChI=1S/C13H16Br2N2O2/c1-19-12-7-11(9(14)6-10(12)15)17-13(18)5-8-3-2-4-16-8/h6-8,16H,2-5H2,1H3,(H,17,18). The Hall–Kier alpha value is -0.590. The second kappa shape index (κ2) is 6.72. The van der Waals surface area contributed by atoms with Gasteiger partial charge < -0.3 is 15.4 Å². The van der Waals surface area contributed by atoms with Gasteiger partial charge in [-0.25, -0.2) is 0 Å². The molecule has 6 heteroatoms. The Kier molecular flexibility index (Phi) is 5.24. The number of carbonyl (C=O) groups is 1. The van der Waals surface area contributed by atoms with Crippen LogP contribution < -0.4 is 15.4 Å². The largest absolute Gasteiger partial charge is 0.495 e. The summed E-state index contributed by atoms with van der Waals surface area (Å²) in [7, 11) is 1.60. The van der Waals surface area contributed by atoms with E-state index >= 15 is 0 Å². The van der Waals surface area contributed by atoms with Crippen molar-refractivity contribution in [3.63, 3.8) is 0 Å². The van der Waals surface area contributed by atoms with Gasteiger partial charge in [0.05, 0.1) is 17.3 Å². The third-order valence-electron chi connectivity index (χ3n) is 3.11. The van der Waals surface area contributed by atoms with E-state index in [1.165, 1.54) is 0 Å². The van der Waals surface area contributed by atoms with E-state index in [4.69, 9.17) is 4.74 Å². The van der Waals surface area contributed by atoms with Gasteiger partial charge in [-0.2, -0.15) is 0 Å². The predicted molar refractivity (Wildman–Crippen MR) is 82.7 cm³/mol. The molecular formula is C13H16Br2N2O2. The van der Waals surface area contributed by atoms with Gasteiger partial charge >= 0.3 is 0 Å². The first-order chi connectivity index (χ1) is 9.10. The van der Waals surface area contributed by atoms with E-state index in [2.05, 4.69) is 42.5 Å². The molecule has 1 fully saturated rings. The van der Waals surface area contributed by atoms with Crippen molar-refractivity contribution in [1.29, 1.82) is 0 Å². The Balaban J connectivity index is 2.03. The molecule has 0 saturated carbocycles. The summed E-state index contributed by atoms with van der Waals surface area (Å²) in [5.74, 6) is 0.710. The molecule has 1 amide bonds. The van der Waals surface area contributed by atoms with Crippen LogP contribution in [0.15, 0.2) is 21.1 Å². The molecule has 1 atom stereocenters. The van der Waals surface area contributed by atoms with Crippen LogP contribution in [0.25, 0.3) is 0 Å². The SMILES string of the molecule is COc1cc(NC(=O)CC2CCCN2)c(Br)cc1Br. The van der Waals surface area contributed by atoms with Gasteiger partial charge in [0.15, 0.2) is 0 Å². The first-order valence-corrected chi connectivity index (χ1v) is 7.75. The van der Waals surface area contributed by atoms with Crippen molar-refractivity contribution in [1.82, 2.24) is 5.32 Å². The minimum Gasteiger partial charge on any atom is -0.495 e. The summed E-state index contributed by atoms with van der Waals surface area (Å²) in [6.45, 7) is 1.01. The van der Waals surface area contributed by atoms with Gasteiger partial charge in [-0.05, 0) is 57.3 Å². The zero-order valence-corrected chi connectivity index (χ0v) is 13.8. The molecule has 0 radical (unpaired) electrons. The van der Waals surface area contributed by atoms with Crippen molar-refractivity contribution >= 4 is 43.5 Å². The molecule has 0 aromatic heterocycles. The quantitative estimate of drug-likeness (QED) is 0.827. The highest BCUT2D eigenvalue weighted by Crippen LogP contribution is 2.34. The van der Waals surface area contributed by atoms with Gasteiger partial charge in [-0.15, -0.1) is 0 Å². The van der Waals surface area contributed by atoms with E-state index in [9.17, 15) is 4.79 Å². The predicted octanol–water partition coefficient (Wildman–Crippen LogP) is 3.30. The summed E-state index contributed by atoms with van der Waals surface area (Å²) >= 11 is 6.84. The highest BCUT2D eigenvalue weighted by molar-refractivity contribution is 9.11. The van der Waals surface area contributed by atoms with Crippen molar-refractivity contribution < 1.29 is 9.53 Å². The number of carbonyl (C=O) groups excluding carboxylic acids is 1. The molecule has 1 aromatic carbocycles. The number of halogens is 2. The lowest BCUT2D eigenvalue weighted by atomic mass is 10.1. The van der Waals surface area contributed by atoms with Gasteiger partial charge in [0.2, 0.25) is 5.91 Å². The molecule has 0 spiro atoms. The Morgan fingerprint density at radius 2 is 2.26 bits per heavy atom. The molecule has 0 bridgehead atoms. The summed E-state index contributed by atoms with van der Waals surface area (Å²) < 4.78 is 6.90. The number of benzene rings is 1. The monoisotopic (exact) mass is 390 g/mol. The maximum Gasteiger partial charge on any atom is 0.225 e. The van der Waals surface area contributed by atoms with Crippen LogP contribution in [-0.2, 0) is 4.79 Å². The van der Waals surface area contributed by atoms with Crippen LogP contribution in [0.2, 0.25) is 0 Å². The van der Waals surface area contributed by atoms with Gasteiger partial charge in [0, 0.05) is 23.0 Å². The number of nitrogens with one attached hydrogen (secondary N) is 2. The summed E-state index contributed by atoms with van der Waals surface area (Å²) in [5.41, 5.74) is 0.725. The van der Waals surface area contributed by atoms with Crippen LogP contribution in [0.3, 0.4) is 0 Å². The van der Waals surface area contributed by atoms with Crippen LogP contribution in [0.5, 0.6) is 5.75 Å². The Morgan fingerprint density at radius 3 is 2.89 bits per heavy atom. The van der Waals surface area contributed by atoms with Crippen molar-refractivity contribution in [3.8, 4) is 5.75 Å². The zero-order chi connectivity index (χ0) is 13.8. The van der Waals surface area contributed by atoms with Crippen molar-refractivity contribution in [2.45, 2.75) is 25.3 Å². The summed E-state index contributed by atoms with van der Waals surface area (Å²) in [5, 5.41) is 6.23. The molecule has 1 aromatic rings.